The summed E-state index contributed by atoms with van der Waals surface area (Å²) in [6.07, 6.45) is 1.32. The molecule has 2 aromatic carbocycles. The van der Waals surface area contributed by atoms with Crippen molar-refractivity contribution in [2.75, 3.05) is 6.61 Å². The summed E-state index contributed by atoms with van der Waals surface area (Å²) in [5.41, 5.74) is 1.73. The average molecular weight is 683 g/mol. The first-order valence-corrected chi connectivity index (χ1v) is 13.9. The number of benzene rings is 2. The lowest BCUT2D eigenvalue weighted by atomic mass is 9.96. The van der Waals surface area contributed by atoms with Crippen LogP contribution in [0.15, 0.2) is 61.9 Å². The lowest BCUT2D eigenvalue weighted by Crippen LogP contribution is -2.40. The molecule has 1 aliphatic heterocycles. The van der Waals surface area contributed by atoms with Gasteiger partial charge < -0.3 is 14.6 Å². The van der Waals surface area contributed by atoms with E-state index in [1.807, 2.05) is 53.8 Å². The molecule has 0 fully saturated rings. The Kier molecular flexibility index (Phi) is 8.06. The highest BCUT2D eigenvalue weighted by molar-refractivity contribution is 14.1. The van der Waals surface area contributed by atoms with E-state index in [-0.39, 0.29) is 17.4 Å². The van der Waals surface area contributed by atoms with Crippen molar-refractivity contribution in [2.24, 2.45) is 4.99 Å². The van der Waals surface area contributed by atoms with Crippen molar-refractivity contribution in [2.45, 2.75) is 39.8 Å². The van der Waals surface area contributed by atoms with Crippen LogP contribution in [0.25, 0.3) is 6.08 Å². The molecule has 0 unspecified atom stereocenters. The Morgan fingerprint density at radius 2 is 2.00 bits per heavy atom. The molecule has 0 amide bonds. The lowest BCUT2D eigenvalue weighted by molar-refractivity contribution is -0.143. The van der Waals surface area contributed by atoms with E-state index in [1.165, 1.54) is 15.9 Å². The number of halogens is 2. The van der Waals surface area contributed by atoms with Crippen LogP contribution in [0.1, 0.15) is 44.9 Å². The maximum absolute atomic E-state index is 13.7. The third kappa shape index (κ3) is 5.30. The van der Waals surface area contributed by atoms with Crippen molar-refractivity contribution >= 4 is 61.9 Å². The van der Waals surface area contributed by atoms with Gasteiger partial charge in [0, 0.05) is 10.0 Å². The molecule has 0 saturated carbocycles. The summed E-state index contributed by atoms with van der Waals surface area (Å²) < 4.78 is 14.5. The molecule has 3 aromatic rings. The predicted octanol–water partition coefficient (Wildman–Crippen LogP) is 4.66. The smallest absolute Gasteiger partial charge is 0.338 e. The Bertz CT molecular complexity index is 1540. The van der Waals surface area contributed by atoms with Gasteiger partial charge in [0.25, 0.3) is 5.56 Å². The van der Waals surface area contributed by atoms with Crippen LogP contribution < -0.4 is 19.6 Å². The van der Waals surface area contributed by atoms with Crippen LogP contribution in [-0.4, -0.2) is 28.4 Å². The van der Waals surface area contributed by atoms with Crippen molar-refractivity contribution in [1.82, 2.24) is 4.57 Å². The summed E-state index contributed by atoms with van der Waals surface area (Å²) in [5.74, 6) is 0.268. The quantitative estimate of drug-likeness (QED) is 0.302. The minimum absolute atomic E-state index is 0.0880. The normalized spacial score (nSPS) is 15.6. The van der Waals surface area contributed by atoms with E-state index < -0.39 is 12.0 Å². The summed E-state index contributed by atoms with van der Waals surface area (Å²) >= 11 is 6.69. The number of phenolic OH excluding ortho intramolecular Hbond substituents is 1. The number of thiazole rings is 1. The highest BCUT2D eigenvalue weighted by Crippen LogP contribution is 2.32. The molecule has 1 aliphatic rings. The molecule has 2 heterocycles. The first-order valence-electron chi connectivity index (χ1n) is 11.2. The van der Waals surface area contributed by atoms with Gasteiger partial charge in [0.2, 0.25) is 0 Å². The van der Waals surface area contributed by atoms with Crippen molar-refractivity contribution in [1.29, 1.82) is 0 Å². The van der Waals surface area contributed by atoms with E-state index in [2.05, 4.69) is 20.9 Å². The third-order valence-corrected chi connectivity index (χ3v) is 7.70. The Hall–Kier alpha value is -2.44. The highest BCUT2D eigenvalue weighted by Gasteiger charge is 2.33. The summed E-state index contributed by atoms with van der Waals surface area (Å²) in [6, 6.07) is 10.1. The Morgan fingerprint density at radius 3 is 2.64 bits per heavy atom. The number of allylic oxidation sites excluding steroid dienone is 1. The van der Waals surface area contributed by atoms with Gasteiger partial charge in [-0.15, -0.1) is 0 Å². The molecule has 10 heteroatoms. The topological polar surface area (TPSA) is 90.1 Å². The zero-order chi connectivity index (χ0) is 26.1. The van der Waals surface area contributed by atoms with Crippen LogP contribution in [-0.2, 0) is 9.53 Å². The van der Waals surface area contributed by atoms with Crippen molar-refractivity contribution in [3.05, 3.63) is 86.5 Å². The predicted molar refractivity (Wildman–Crippen MR) is 151 cm³/mol. The number of rotatable bonds is 6. The zero-order valence-corrected chi connectivity index (χ0v) is 24.6. The minimum Gasteiger partial charge on any atom is -0.506 e. The second-order valence-electron chi connectivity index (χ2n) is 8.36. The van der Waals surface area contributed by atoms with Gasteiger partial charge in [0.05, 0.1) is 38.1 Å². The molecule has 1 atom stereocenters. The molecule has 36 heavy (non-hydrogen) atoms. The maximum atomic E-state index is 13.7. The summed E-state index contributed by atoms with van der Waals surface area (Å²) in [5, 5.41) is 10.5. The van der Waals surface area contributed by atoms with E-state index in [9.17, 15) is 14.7 Å². The van der Waals surface area contributed by atoms with E-state index in [0.29, 0.717) is 42.1 Å². The first-order chi connectivity index (χ1) is 17.1. The van der Waals surface area contributed by atoms with Gasteiger partial charge in [-0.25, -0.2) is 9.79 Å². The van der Waals surface area contributed by atoms with Crippen molar-refractivity contribution < 1.29 is 19.4 Å². The monoisotopic (exact) mass is 682 g/mol. The highest BCUT2D eigenvalue weighted by atomic mass is 127. The Labute approximate surface area is 234 Å². The van der Waals surface area contributed by atoms with E-state index in [0.717, 1.165) is 10.0 Å². The van der Waals surface area contributed by atoms with Crippen LogP contribution in [0.3, 0.4) is 0 Å². The second-order valence-corrected chi connectivity index (χ2v) is 11.5. The standard InChI is InChI=1S/C26H24BrIN2O5S/c1-5-34-18-8-6-15(7-9-18)22-21(25(33)35-13(2)3)14(4)29-26-30(22)24(32)20(36-26)11-16-10-17(27)12-19(28)23(16)31/h6-13,22,31H,5H2,1-4H3/b20-11+/t22-/m1/s1. The lowest BCUT2D eigenvalue weighted by Gasteiger charge is -2.25. The van der Waals surface area contributed by atoms with Gasteiger partial charge in [-0.2, -0.15) is 0 Å². The molecule has 0 radical (unpaired) electrons. The van der Waals surface area contributed by atoms with Gasteiger partial charge in [0.15, 0.2) is 4.80 Å². The van der Waals surface area contributed by atoms with E-state index >= 15 is 0 Å². The number of phenols is 1. The summed E-state index contributed by atoms with van der Waals surface area (Å²) in [4.78, 5) is 32.0. The fraction of sp³-hybridized carbons (Fsp3) is 0.269. The number of carbonyl (C=O) groups is 1. The van der Waals surface area contributed by atoms with Crippen LogP contribution >= 0.6 is 49.9 Å². The molecule has 7 nitrogen and oxygen atoms in total. The van der Waals surface area contributed by atoms with E-state index in [4.69, 9.17) is 9.47 Å². The number of ether oxygens (including phenoxy) is 2. The van der Waals surface area contributed by atoms with Gasteiger partial charge in [-0.1, -0.05) is 39.4 Å². The fourth-order valence-electron chi connectivity index (χ4n) is 3.93. The molecule has 4 rings (SSSR count). The minimum atomic E-state index is -0.721. The van der Waals surface area contributed by atoms with Crippen molar-refractivity contribution in [3.63, 3.8) is 0 Å². The molecule has 0 bridgehead atoms. The third-order valence-electron chi connectivity index (χ3n) is 5.44. The molecule has 1 aromatic heterocycles. The number of carbonyl (C=O) groups excluding carboxylic acids is 1. The molecular formula is C26H24BrIN2O5S. The number of esters is 1. The zero-order valence-electron chi connectivity index (χ0n) is 20.0. The Morgan fingerprint density at radius 1 is 1.31 bits per heavy atom. The number of aromatic nitrogens is 1. The fourth-order valence-corrected chi connectivity index (χ4v) is 6.51. The molecule has 1 N–H and O–H groups in total. The van der Waals surface area contributed by atoms with E-state index in [1.54, 1.807) is 39.0 Å². The molecule has 0 aliphatic carbocycles. The van der Waals surface area contributed by atoms with Crippen molar-refractivity contribution in [3.8, 4) is 11.5 Å². The number of fused-ring (bicyclic) bond motifs is 1. The summed E-state index contributed by atoms with van der Waals surface area (Å²) in [7, 11) is 0. The number of hydrogen-bond donors (Lipinski definition) is 1. The molecule has 0 spiro atoms. The van der Waals surface area contributed by atoms with Crippen LogP contribution in [0.2, 0.25) is 0 Å². The van der Waals surface area contributed by atoms with Crippen LogP contribution in [0.4, 0.5) is 0 Å². The average Bonchev–Trinajstić information content (AvgIpc) is 3.11. The largest absolute Gasteiger partial charge is 0.506 e. The summed E-state index contributed by atoms with van der Waals surface area (Å²) in [6.45, 7) is 7.74. The van der Waals surface area contributed by atoms with Gasteiger partial charge >= 0.3 is 5.97 Å². The molecule has 188 valence electrons. The molecule has 0 saturated heterocycles. The first kappa shape index (κ1) is 26.6. The Balaban J connectivity index is 1.94. The SMILES string of the molecule is CCOc1ccc([C@@H]2C(C(=O)OC(C)C)=C(C)N=c3s/c(=C/c4cc(Br)cc(I)c4O)c(=O)n32)cc1. The number of nitrogens with zero attached hydrogens (tertiary/aromatic N) is 2. The second kappa shape index (κ2) is 10.9. The molecular weight excluding hydrogens is 659 g/mol. The van der Waals surface area contributed by atoms with Gasteiger partial charge in [-0.05, 0) is 86.2 Å². The number of hydrogen-bond acceptors (Lipinski definition) is 7. The van der Waals surface area contributed by atoms with Crippen LogP contribution in [0.5, 0.6) is 11.5 Å². The van der Waals surface area contributed by atoms with Gasteiger partial charge in [-0.3, -0.25) is 9.36 Å². The van der Waals surface area contributed by atoms with Gasteiger partial charge in [0.1, 0.15) is 11.5 Å². The van der Waals surface area contributed by atoms with Crippen LogP contribution in [0, 0.1) is 3.57 Å². The maximum Gasteiger partial charge on any atom is 0.338 e. The number of aromatic hydroxyl groups is 1.